The maximum Gasteiger partial charge on any atom is 0.115 e. The van der Waals surface area contributed by atoms with Crippen molar-refractivity contribution in [3.05, 3.63) is 41.2 Å². The van der Waals surface area contributed by atoms with Crippen molar-refractivity contribution in [2.45, 2.75) is 12.6 Å². The van der Waals surface area contributed by atoms with Gasteiger partial charge in [0.25, 0.3) is 0 Å². The molecule has 0 spiro atoms. The minimum atomic E-state index is -0.324. The van der Waals surface area contributed by atoms with Crippen LogP contribution in [0.3, 0.4) is 0 Å². The standard InChI is InChI=1S/C12H18ClN7/c1-19(2)5-6-20-12(9(13)7-17-20)11(18-14)10-3-4-15-8-16-10/h3-4,7-8,11,18H,5-6,14H2,1-2H3. The fourth-order valence-electron chi connectivity index (χ4n) is 1.91. The van der Waals surface area contributed by atoms with Gasteiger partial charge in [-0.25, -0.2) is 15.4 Å². The van der Waals surface area contributed by atoms with Crippen LogP contribution in [0.5, 0.6) is 0 Å². The number of aromatic nitrogens is 4. The summed E-state index contributed by atoms with van der Waals surface area (Å²) >= 11 is 6.25. The number of likely N-dealkylation sites (N-methyl/N-ethyl adjacent to an activating group) is 1. The third kappa shape index (κ3) is 3.31. The second-order valence-corrected chi connectivity index (χ2v) is 5.05. The first-order valence-electron chi connectivity index (χ1n) is 6.21. The van der Waals surface area contributed by atoms with Gasteiger partial charge in [0, 0.05) is 12.7 Å². The first-order valence-corrected chi connectivity index (χ1v) is 6.59. The molecule has 0 fully saturated rings. The van der Waals surface area contributed by atoms with Gasteiger partial charge in [0.2, 0.25) is 0 Å². The molecule has 2 rings (SSSR count). The fourth-order valence-corrected chi connectivity index (χ4v) is 2.16. The molecular weight excluding hydrogens is 278 g/mol. The number of hydrogen-bond donors (Lipinski definition) is 2. The van der Waals surface area contributed by atoms with E-state index in [4.69, 9.17) is 17.4 Å². The normalized spacial score (nSPS) is 12.8. The van der Waals surface area contributed by atoms with E-state index in [9.17, 15) is 0 Å². The Morgan fingerprint density at radius 1 is 1.50 bits per heavy atom. The molecule has 108 valence electrons. The topological polar surface area (TPSA) is 84.9 Å². The van der Waals surface area contributed by atoms with Crippen LogP contribution in [-0.4, -0.2) is 45.3 Å². The maximum atomic E-state index is 6.25. The molecule has 2 aromatic rings. The highest BCUT2D eigenvalue weighted by molar-refractivity contribution is 6.31. The highest BCUT2D eigenvalue weighted by atomic mass is 35.5. The fraction of sp³-hybridized carbons (Fsp3) is 0.417. The molecule has 0 saturated heterocycles. The van der Waals surface area contributed by atoms with Crippen LogP contribution < -0.4 is 11.3 Å². The second kappa shape index (κ2) is 6.76. The Kier molecular flexibility index (Phi) is 5.02. The van der Waals surface area contributed by atoms with Gasteiger partial charge in [0.15, 0.2) is 0 Å². The van der Waals surface area contributed by atoms with E-state index in [-0.39, 0.29) is 6.04 Å². The van der Waals surface area contributed by atoms with Crippen molar-refractivity contribution in [1.29, 1.82) is 0 Å². The van der Waals surface area contributed by atoms with Crippen molar-refractivity contribution in [3.8, 4) is 0 Å². The minimum absolute atomic E-state index is 0.324. The number of halogens is 1. The number of hydrogen-bond acceptors (Lipinski definition) is 6. The van der Waals surface area contributed by atoms with Crippen LogP contribution in [0.4, 0.5) is 0 Å². The lowest BCUT2D eigenvalue weighted by Crippen LogP contribution is -2.32. The van der Waals surface area contributed by atoms with Gasteiger partial charge in [-0.1, -0.05) is 11.6 Å². The summed E-state index contributed by atoms with van der Waals surface area (Å²) in [5, 5.41) is 4.86. The number of nitrogens with two attached hydrogens (primary N) is 1. The van der Waals surface area contributed by atoms with Crippen molar-refractivity contribution in [2.75, 3.05) is 20.6 Å². The van der Waals surface area contributed by atoms with Crippen LogP contribution in [0.1, 0.15) is 17.4 Å². The molecule has 1 unspecified atom stereocenters. The molecule has 0 aliphatic rings. The van der Waals surface area contributed by atoms with Crippen molar-refractivity contribution < 1.29 is 0 Å². The van der Waals surface area contributed by atoms with Crippen molar-refractivity contribution >= 4 is 11.6 Å². The Bertz CT molecular complexity index is 540. The third-order valence-corrected chi connectivity index (χ3v) is 3.22. The van der Waals surface area contributed by atoms with Crippen LogP contribution in [-0.2, 0) is 6.54 Å². The van der Waals surface area contributed by atoms with E-state index in [2.05, 4.69) is 25.4 Å². The number of rotatable bonds is 6. The zero-order valence-corrected chi connectivity index (χ0v) is 12.2. The SMILES string of the molecule is CN(C)CCn1ncc(Cl)c1C(NN)c1ccncn1. The van der Waals surface area contributed by atoms with E-state index in [1.54, 1.807) is 18.5 Å². The van der Waals surface area contributed by atoms with Crippen LogP contribution >= 0.6 is 11.6 Å². The van der Waals surface area contributed by atoms with Crippen LogP contribution in [0.15, 0.2) is 24.8 Å². The molecule has 2 heterocycles. The molecule has 2 aromatic heterocycles. The molecule has 8 heteroatoms. The Morgan fingerprint density at radius 2 is 2.30 bits per heavy atom. The quantitative estimate of drug-likeness (QED) is 0.594. The summed E-state index contributed by atoms with van der Waals surface area (Å²) < 4.78 is 1.84. The molecule has 0 radical (unpaired) electrons. The molecule has 0 bridgehead atoms. The Morgan fingerprint density at radius 3 is 2.90 bits per heavy atom. The van der Waals surface area contributed by atoms with Crippen LogP contribution in [0.2, 0.25) is 5.02 Å². The van der Waals surface area contributed by atoms with Gasteiger partial charge in [-0.15, -0.1) is 0 Å². The number of hydrazine groups is 1. The lowest BCUT2D eigenvalue weighted by molar-refractivity contribution is 0.365. The molecule has 20 heavy (non-hydrogen) atoms. The summed E-state index contributed by atoms with van der Waals surface area (Å²) in [7, 11) is 4.02. The summed E-state index contributed by atoms with van der Waals surface area (Å²) in [6.45, 7) is 1.57. The van der Waals surface area contributed by atoms with E-state index < -0.39 is 0 Å². The summed E-state index contributed by atoms with van der Waals surface area (Å²) in [5.41, 5.74) is 4.29. The molecule has 0 aromatic carbocycles. The molecule has 1 atom stereocenters. The average Bonchev–Trinajstić information content (AvgIpc) is 2.80. The summed E-state index contributed by atoms with van der Waals surface area (Å²) in [4.78, 5) is 10.2. The average molecular weight is 296 g/mol. The van der Waals surface area contributed by atoms with Gasteiger partial charge in [-0.2, -0.15) is 5.10 Å². The molecule has 3 N–H and O–H groups in total. The van der Waals surface area contributed by atoms with Crippen LogP contribution in [0.25, 0.3) is 0 Å². The highest BCUT2D eigenvalue weighted by Gasteiger charge is 2.22. The zero-order valence-electron chi connectivity index (χ0n) is 11.5. The van der Waals surface area contributed by atoms with Gasteiger partial charge in [0.1, 0.15) is 12.4 Å². The van der Waals surface area contributed by atoms with E-state index in [1.807, 2.05) is 18.8 Å². The first-order chi connectivity index (χ1) is 9.63. The van der Waals surface area contributed by atoms with Crippen LogP contribution in [0, 0.1) is 0 Å². The van der Waals surface area contributed by atoms with Crippen molar-refractivity contribution in [2.24, 2.45) is 5.84 Å². The Hall–Kier alpha value is -1.54. The van der Waals surface area contributed by atoms with Gasteiger partial charge >= 0.3 is 0 Å². The Labute approximate surface area is 122 Å². The van der Waals surface area contributed by atoms with Gasteiger partial charge < -0.3 is 4.90 Å². The summed E-state index contributed by atoms with van der Waals surface area (Å²) in [6, 6.07) is 1.47. The van der Waals surface area contributed by atoms with Gasteiger partial charge in [-0.05, 0) is 20.2 Å². The third-order valence-electron chi connectivity index (χ3n) is 2.93. The number of nitrogens with zero attached hydrogens (tertiary/aromatic N) is 5. The Balaban J connectivity index is 2.32. The van der Waals surface area contributed by atoms with Crippen molar-refractivity contribution in [3.63, 3.8) is 0 Å². The smallest absolute Gasteiger partial charge is 0.115 e. The van der Waals surface area contributed by atoms with Crippen molar-refractivity contribution in [1.82, 2.24) is 30.1 Å². The van der Waals surface area contributed by atoms with E-state index in [0.717, 1.165) is 24.5 Å². The molecule has 7 nitrogen and oxygen atoms in total. The predicted octanol–water partition coefficient (Wildman–Crippen LogP) is 0.441. The second-order valence-electron chi connectivity index (χ2n) is 4.64. The first kappa shape index (κ1) is 14.9. The summed E-state index contributed by atoms with van der Waals surface area (Å²) in [6.07, 6.45) is 4.77. The minimum Gasteiger partial charge on any atom is -0.308 e. The van der Waals surface area contributed by atoms with E-state index >= 15 is 0 Å². The van der Waals surface area contributed by atoms with Gasteiger partial charge in [0.05, 0.1) is 29.2 Å². The lowest BCUT2D eigenvalue weighted by atomic mass is 10.1. The molecule has 0 aliphatic heterocycles. The molecular formula is C12H18ClN7. The molecule has 0 aliphatic carbocycles. The zero-order chi connectivity index (χ0) is 14.5. The summed E-state index contributed by atoms with van der Waals surface area (Å²) in [5.74, 6) is 5.67. The maximum absolute atomic E-state index is 6.25. The molecule has 0 saturated carbocycles. The highest BCUT2D eigenvalue weighted by Crippen LogP contribution is 2.26. The molecule has 0 amide bonds. The largest absolute Gasteiger partial charge is 0.308 e. The predicted molar refractivity (Wildman–Crippen MR) is 77.0 cm³/mol. The van der Waals surface area contributed by atoms with E-state index in [0.29, 0.717) is 5.02 Å². The monoisotopic (exact) mass is 295 g/mol. The van der Waals surface area contributed by atoms with Gasteiger partial charge in [-0.3, -0.25) is 10.5 Å². The lowest BCUT2D eigenvalue weighted by Gasteiger charge is -2.18. The van der Waals surface area contributed by atoms with E-state index in [1.165, 1.54) is 6.33 Å². The number of nitrogens with one attached hydrogen (secondary N) is 1.